The predicted octanol–water partition coefficient (Wildman–Crippen LogP) is 16.2. The van der Waals surface area contributed by atoms with Crippen molar-refractivity contribution in [2.24, 2.45) is 0 Å². The van der Waals surface area contributed by atoms with Gasteiger partial charge in [0, 0.05) is 12.8 Å². The van der Waals surface area contributed by atoms with E-state index in [0.717, 1.165) is 103 Å². The third kappa shape index (κ3) is 47.2. The maximum absolute atomic E-state index is 12.3. The van der Waals surface area contributed by atoms with E-state index in [-0.39, 0.29) is 25.2 Å². The highest BCUT2D eigenvalue weighted by Crippen LogP contribution is 2.12. The van der Waals surface area contributed by atoms with Crippen LogP contribution in [0.3, 0.4) is 0 Å². The van der Waals surface area contributed by atoms with Gasteiger partial charge in [-0.3, -0.25) is 9.59 Å². The molecule has 0 aliphatic carbocycles. The first-order valence-electron chi connectivity index (χ1n) is 24.4. The van der Waals surface area contributed by atoms with Crippen LogP contribution < -0.4 is 0 Å². The second-order valence-corrected chi connectivity index (χ2v) is 15.8. The maximum atomic E-state index is 12.3. The van der Waals surface area contributed by atoms with Crippen LogP contribution in [0.15, 0.2) is 109 Å². The van der Waals surface area contributed by atoms with Crippen molar-refractivity contribution < 1.29 is 24.2 Å². The van der Waals surface area contributed by atoms with Gasteiger partial charge in [-0.25, -0.2) is 0 Å². The minimum Gasteiger partial charge on any atom is -0.462 e. The Labute approximate surface area is 370 Å². The highest BCUT2D eigenvalue weighted by atomic mass is 16.6. The van der Waals surface area contributed by atoms with Gasteiger partial charge in [-0.05, 0) is 103 Å². The molecule has 0 rings (SSSR count). The van der Waals surface area contributed by atoms with Crippen molar-refractivity contribution in [2.45, 2.75) is 213 Å². The molecule has 60 heavy (non-hydrogen) atoms. The van der Waals surface area contributed by atoms with E-state index in [2.05, 4.69) is 123 Å². The van der Waals surface area contributed by atoms with Gasteiger partial charge in [-0.15, -0.1) is 0 Å². The number of carbonyl (C=O) groups excluding carboxylic acids is 2. The molecule has 1 N–H and O–H groups in total. The molecule has 0 fully saturated rings. The number of aliphatic hydroxyl groups excluding tert-OH is 1. The van der Waals surface area contributed by atoms with Crippen molar-refractivity contribution in [2.75, 3.05) is 13.2 Å². The van der Waals surface area contributed by atoms with Gasteiger partial charge >= 0.3 is 11.9 Å². The van der Waals surface area contributed by atoms with E-state index in [4.69, 9.17) is 9.47 Å². The third-order valence-electron chi connectivity index (χ3n) is 10.1. The lowest BCUT2D eigenvalue weighted by Crippen LogP contribution is -2.28. The van der Waals surface area contributed by atoms with Crippen LogP contribution in [-0.4, -0.2) is 36.4 Å². The van der Waals surface area contributed by atoms with Crippen molar-refractivity contribution in [3.05, 3.63) is 109 Å². The number of carbonyl (C=O) groups is 2. The van der Waals surface area contributed by atoms with E-state index >= 15 is 0 Å². The van der Waals surface area contributed by atoms with Crippen LogP contribution in [0.5, 0.6) is 0 Å². The number of rotatable bonds is 43. The smallest absolute Gasteiger partial charge is 0.306 e. The predicted molar refractivity (Wildman–Crippen MR) is 260 cm³/mol. The molecule has 0 radical (unpaired) electrons. The number of ether oxygens (including phenoxy) is 2. The van der Waals surface area contributed by atoms with Crippen molar-refractivity contribution >= 4 is 11.9 Å². The Hall–Kier alpha value is -3.44. The molecular weight excluding hydrogens is 741 g/mol. The van der Waals surface area contributed by atoms with Crippen molar-refractivity contribution in [1.82, 2.24) is 0 Å². The topological polar surface area (TPSA) is 72.8 Å². The van der Waals surface area contributed by atoms with Crippen LogP contribution in [0.25, 0.3) is 0 Å². The van der Waals surface area contributed by atoms with Crippen molar-refractivity contribution in [1.29, 1.82) is 0 Å². The Kier molecular flexibility index (Phi) is 47.1. The molecule has 0 spiro atoms. The molecule has 0 bridgehead atoms. The fourth-order valence-corrected chi connectivity index (χ4v) is 6.39. The van der Waals surface area contributed by atoms with E-state index in [9.17, 15) is 14.7 Å². The van der Waals surface area contributed by atoms with Gasteiger partial charge in [0.25, 0.3) is 0 Å². The lowest BCUT2D eigenvalue weighted by molar-refractivity contribution is -0.161. The normalized spacial score (nSPS) is 13.2. The monoisotopic (exact) mass is 831 g/mol. The minimum absolute atomic E-state index is 0.0859. The number of esters is 2. The summed E-state index contributed by atoms with van der Waals surface area (Å²) in [4.78, 5) is 24.4. The molecule has 0 saturated carbocycles. The quantitative estimate of drug-likeness (QED) is 0.0376. The second kappa shape index (κ2) is 49.9. The van der Waals surface area contributed by atoms with Gasteiger partial charge in [0.1, 0.15) is 6.61 Å². The number of hydrogen-bond acceptors (Lipinski definition) is 5. The Morgan fingerprint density at radius 1 is 0.400 bits per heavy atom. The van der Waals surface area contributed by atoms with E-state index in [0.29, 0.717) is 12.8 Å². The second-order valence-electron chi connectivity index (χ2n) is 15.8. The molecule has 1 atom stereocenters. The summed E-state index contributed by atoms with van der Waals surface area (Å²) >= 11 is 0. The number of hydrogen-bond donors (Lipinski definition) is 1. The molecule has 340 valence electrons. The van der Waals surface area contributed by atoms with Crippen LogP contribution in [0.2, 0.25) is 0 Å². The third-order valence-corrected chi connectivity index (χ3v) is 10.1. The van der Waals surface area contributed by atoms with Gasteiger partial charge in [0.2, 0.25) is 0 Å². The zero-order chi connectivity index (χ0) is 43.5. The summed E-state index contributed by atoms with van der Waals surface area (Å²) in [6, 6.07) is 0. The summed E-state index contributed by atoms with van der Waals surface area (Å²) in [5.41, 5.74) is 0. The molecule has 0 aromatic carbocycles. The number of unbranched alkanes of at least 4 members (excludes halogenated alkanes) is 17. The molecule has 0 aromatic rings. The summed E-state index contributed by atoms with van der Waals surface area (Å²) in [6.07, 6.45) is 71.6. The van der Waals surface area contributed by atoms with E-state index in [1.54, 1.807) is 0 Å². The SMILES string of the molecule is CC/C=C\C/C=C\C/C=C\C/C=C\C/C=C\C/C=C\CCCCCCCCC(=O)OC(CO)COC(=O)CCCCCCCC/C=C\C/C=C\C/C=C\CCCCCCC. The standard InChI is InChI=1S/C55H90O5/c1-3-5-7-9-11-13-15-17-19-21-23-25-26-27-28-30-32-34-36-38-40-42-44-46-48-50-55(58)60-53(51-56)52-59-54(57)49-47-45-43-41-39-37-35-33-31-29-24-22-20-18-16-14-12-10-8-6-4-2/h5,7,11,13,16-19,22-25,27-28,31-34,53,56H,3-4,6,8-10,12,14-15,20-21,26,29-30,35-52H2,1-2H3/b7-5-,13-11-,18-16-,19-17-,24-22-,25-23-,28-27-,33-31-,34-32-. The molecule has 5 nitrogen and oxygen atoms in total. The molecule has 0 amide bonds. The largest absolute Gasteiger partial charge is 0.462 e. The Bertz CT molecular complexity index is 1210. The average molecular weight is 831 g/mol. The lowest BCUT2D eigenvalue weighted by atomic mass is 10.1. The molecule has 0 heterocycles. The lowest BCUT2D eigenvalue weighted by Gasteiger charge is -2.15. The van der Waals surface area contributed by atoms with Gasteiger partial charge in [-0.1, -0.05) is 200 Å². The van der Waals surface area contributed by atoms with Gasteiger partial charge in [0.05, 0.1) is 6.61 Å². The molecule has 0 aromatic heterocycles. The summed E-state index contributed by atoms with van der Waals surface area (Å²) in [5.74, 6) is -0.629. The number of aliphatic hydroxyl groups is 1. The maximum Gasteiger partial charge on any atom is 0.306 e. The highest BCUT2D eigenvalue weighted by Gasteiger charge is 2.16. The summed E-state index contributed by atoms with van der Waals surface area (Å²) in [6.45, 7) is 3.98. The van der Waals surface area contributed by atoms with Crippen molar-refractivity contribution in [3.63, 3.8) is 0 Å². The Balaban J connectivity index is 3.64. The van der Waals surface area contributed by atoms with E-state index < -0.39 is 6.10 Å². The Morgan fingerprint density at radius 3 is 1.08 bits per heavy atom. The minimum atomic E-state index is -0.794. The average Bonchev–Trinajstić information content (AvgIpc) is 3.25. The molecule has 1 unspecified atom stereocenters. The van der Waals surface area contributed by atoms with Gasteiger partial charge < -0.3 is 14.6 Å². The summed E-state index contributed by atoms with van der Waals surface area (Å²) in [7, 11) is 0. The molecule has 0 saturated heterocycles. The van der Waals surface area contributed by atoms with Gasteiger partial charge in [-0.2, -0.15) is 0 Å². The summed E-state index contributed by atoms with van der Waals surface area (Å²) < 4.78 is 10.6. The molecule has 5 heteroatoms. The Morgan fingerprint density at radius 2 is 0.717 bits per heavy atom. The first-order valence-corrected chi connectivity index (χ1v) is 24.4. The highest BCUT2D eigenvalue weighted by molar-refractivity contribution is 5.70. The number of allylic oxidation sites excluding steroid dienone is 18. The molecule has 0 aliphatic rings. The zero-order valence-corrected chi connectivity index (χ0v) is 38.7. The van der Waals surface area contributed by atoms with Crippen LogP contribution >= 0.6 is 0 Å². The first kappa shape index (κ1) is 56.6. The summed E-state index contributed by atoms with van der Waals surface area (Å²) in [5, 5.41) is 9.62. The van der Waals surface area contributed by atoms with E-state index in [1.807, 2.05) is 0 Å². The van der Waals surface area contributed by atoms with Gasteiger partial charge in [0.15, 0.2) is 6.10 Å². The molecular formula is C55H90O5. The molecule has 0 aliphatic heterocycles. The van der Waals surface area contributed by atoms with Crippen molar-refractivity contribution in [3.8, 4) is 0 Å². The fraction of sp³-hybridized carbons (Fsp3) is 0.636. The van der Waals surface area contributed by atoms with Crippen LogP contribution in [0, 0.1) is 0 Å². The van der Waals surface area contributed by atoms with Crippen LogP contribution in [0.4, 0.5) is 0 Å². The fourth-order valence-electron chi connectivity index (χ4n) is 6.39. The zero-order valence-electron chi connectivity index (χ0n) is 38.7. The van der Waals surface area contributed by atoms with Crippen LogP contribution in [0.1, 0.15) is 206 Å². The first-order chi connectivity index (χ1) is 29.6. The van der Waals surface area contributed by atoms with E-state index in [1.165, 1.54) is 77.0 Å². The van der Waals surface area contributed by atoms with Crippen LogP contribution in [-0.2, 0) is 19.1 Å².